The van der Waals surface area contributed by atoms with E-state index in [-0.39, 0.29) is 29.3 Å². The van der Waals surface area contributed by atoms with Crippen LogP contribution < -0.4 is 21.6 Å². The maximum Gasteiger partial charge on any atom is 0.405 e. The minimum atomic E-state index is -1.10. The van der Waals surface area contributed by atoms with E-state index in [9.17, 15) is 29.1 Å². The van der Waals surface area contributed by atoms with Crippen LogP contribution in [0.1, 0.15) is 70.9 Å². The van der Waals surface area contributed by atoms with Crippen LogP contribution in [0, 0.1) is 5.41 Å². The predicted molar refractivity (Wildman–Crippen MR) is 154 cm³/mol. The van der Waals surface area contributed by atoms with Crippen molar-refractivity contribution in [2.75, 3.05) is 6.54 Å². The molecule has 1 aromatic heterocycles. The second-order valence-corrected chi connectivity index (χ2v) is 11.9. The Kier molecular flexibility index (Phi) is 8.55. The molecule has 1 aromatic carbocycles. The summed E-state index contributed by atoms with van der Waals surface area (Å²) in [6.07, 6.45) is 8.48. The van der Waals surface area contributed by atoms with Crippen molar-refractivity contribution in [3.05, 3.63) is 58.0 Å². The zero-order valence-corrected chi connectivity index (χ0v) is 24.1. The maximum atomic E-state index is 12.9. The second-order valence-electron chi connectivity index (χ2n) is 11.9. The third-order valence-electron chi connectivity index (χ3n) is 8.23. The maximum absolute atomic E-state index is 12.9. The molecule has 2 aliphatic rings. The molecule has 1 saturated heterocycles. The van der Waals surface area contributed by atoms with Crippen LogP contribution >= 0.6 is 0 Å². The normalized spacial score (nSPS) is 21.0. The fourth-order valence-electron chi connectivity index (χ4n) is 5.56. The molecular weight excluding hydrogens is 526 g/mol. The minimum Gasteiger partial charge on any atom is -0.465 e. The first-order valence-electron chi connectivity index (χ1n) is 14.1. The van der Waals surface area contributed by atoms with Gasteiger partial charge >= 0.3 is 11.8 Å². The van der Waals surface area contributed by atoms with Gasteiger partial charge in [-0.25, -0.2) is 9.59 Å². The quantitative estimate of drug-likeness (QED) is 0.271. The molecule has 0 saturated carbocycles. The molecule has 1 aliphatic carbocycles. The molecule has 2 unspecified atom stereocenters. The highest BCUT2D eigenvalue weighted by Gasteiger charge is 2.42. The van der Waals surface area contributed by atoms with Gasteiger partial charge in [0, 0.05) is 25.6 Å². The van der Waals surface area contributed by atoms with Crippen molar-refractivity contribution in [2.45, 2.75) is 77.3 Å². The van der Waals surface area contributed by atoms with Crippen molar-refractivity contribution in [3.8, 4) is 0 Å². The van der Waals surface area contributed by atoms with Gasteiger partial charge in [0.15, 0.2) is 0 Å². The molecule has 4 amide bonds. The average Bonchev–Trinajstić information content (AvgIpc) is 3.14. The lowest BCUT2D eigenvalue weighted by Gasteiger charge is -2.43. The second kappa shape index (κ2) is 11.8. The van der Waals surface area contributed by atoms with Crippen molar-refractivity contribution < 1.29 is 24.3 Å². The van der Waals surface area contributed by atoms with Gasteiger partial charge in [0.2, 0.25) is 11.8 Å². The third kappa shape index (κ3) is 6.28. The van der Waals surface area contributed by atoms with Crippen LogP contribution in [-0.4, -0.2) is 50.1 Å². The summed E-state index contributed by atoms with van der Waals surface area (Å²) >= 11 is 0. The Morgan fingerprint density at radius 2 is 1.88 bits per heavy atom. The average molecular weight is 566 g/mol. The predicted octanol–water partition coefficient (Wildman–Crippen LogP) is 3.09. The molecule has 11 nitrogen and oxygen atoms in total. The van der Waals surface area contributed by atoms with Gasteiger partial charge in [-0.3, -0.25) is 28.8 Å². The van der Waals surface area contributed by atoms with E-state index in [2.05, 4.69) is 16.0 Å². The minimum absolute atomic E-state index is 0.175. The van der Waals surface area contributed by atoms with Crippen molar-refractivity contribution in [1.29, 1.82) is 0 Å². The Morgan fingerprint density at radius 3 is 2.51 bits per heavy atom. The number of benzene rings is 1. The number of imide groups is 1. The fourth-order valence-corrected chi connectivity index (χ4v) is 5.56. The molecule has 1 aliphatic heterocycles. The van der Waals surface area contributed by atoms with Gasteiger partial charge in [-0.1, -0.05) is 51.5 Å². The van der Waals surface area contributed by atoms with E-state index in [0.29, 0.717) is 30.5 Å². The van der Waals surface area contributed by atoms with E-state index in [1.54, 1.807) is 25.3 Å². The molecule has 11 heteroatoms. The van der Waals surface area contributed by atoms with Gasteiger partial charge in [-0.2, -0.15) is 0 Å². The van der Waals surface area contributed by atoms with Crippen molar-refractivity contribution in [1.82, 2.24) is 25.1 Å². The van der Waals surface area contributed by atoms with Crippen LogP contribution in [0.15, 0.2) is 46.8 Å². The van der Waals surface area contributed by atoms with Crippen molar-refractivity contribution in [2.24, 2.45) is 12.5 Å². The van der Waals surface area contributed by atoms with Crippen LogP contribution in [0.2, 0.25) is 0 Å². The summed E-state index contributed by atoms with van der Waals surface area (Å²) in [5.74, 6) is -0.941. The molecule has 0 radical (unpaired) electrons. The molecule has 2 heterocycles. The highest BCUT2D eigenvalue weighted by atomic mass is 16.4. The van der Waals surface area contributed by atoms with E-state index < -0.39 is 23.6 Å². The van der Waals surface area contributed by atoms with E-state index in [4.69, 9.17) is 0 Å². The molecule has 0 spiro atoms. The summed E-state index contributed by atoms with van der Waals surface area (Å²) in [5.41, 5.74) is 1.60. The Labute approximate surface area is 238 Å². The number of nitrogens with zero attached hydrogens (tertiary/aromatic N) is 2. The number of nitrogens with one attached hydrogen (secondary N) is 3. The van der Waals surface area contributed by atoms with Gasteiger partial charge in [0.25, 0.3) is 5.91 Å². The zero-order chi connectivity index (χ0) is 29.9. The molecular formula is C30H39N5O6. The molecule has 4 N–H and O–H groups in total. The Balaban J connectivity index is 1.27. The van der Waals surface area contributed by atoms with Gasteiger partial charge in [-0.15, -0.1) is 0 Å². The molecule has 220 valence electrons. The number of hydrogen-bond donors (Lipinski definition) is 4. The number of aryl methyl sites for hydroxylation is 2. The van der Waals surface area contributed by atoms with Gasteiger partial charge < -0.3 is 15.7 Å². The van der Waals surface area contributed by atoms with E-state index in [1.165, 1.54) is 9.13 Å². The molecule has 0 bridgehead atoms. The summed E-state index contributed by atoms with van der Waals surface area (Å²) in [5, 5.41) is 17.2. The van der Waals surface area contributed by atoms with Crippen LogP contribution in [0.25, 0.3) is 11.0 Å². The fraction of sp³-hybridized carbons (Fsp3) is 0.500. The smallest absolute Gasteiger partial charge is 0.405 e. The van der Waals surface area contributed by atoms with E-state index >= 15 is 0 Å². The first-order valence-corrected chi connectivity index (χ1v) is 14.1. The van der Waals surface area contributed by atoms with Crippen LogP contribution in [0.3, 0.4) is 0 Å². The van der Waals surface area contributed by atoms with Crippen molar-refractivity contribution in [3.63, 3.8) is 0 Å². The van der Waals surface area contributed by atoms with Crippen molar-refractivity contribution >= 4 is 34.8 Å². The van der Waals surface area contributed by atoms with Crippen LogP contribution in [-0.2, 0) is 27.9 Å². The monoisotopic (exact) mass is 565 g/mol. The lowest BCUT2D eigenvalue weighted by Crippen LogP contribution is -2.56. The standard InChI is InChI=1S/C30H39N5O6/c1-29(2,3)30(33-27(39)40)15-13-20(14-16-30)25(37)31-17-7-5-6-8-19-9-10-21-23(18-19)34(4)28(41)35(21)22-11-12-24(36)32-26(22)38/h9-10,13-15,18,22,33H,5-8,11-12,16-17H2,1-4H3,(H,31,37)(H,39,40)(H,32,36,38). The number of rotatable bonds is 9. The molecule has 4 rings (SSSR count). The summed E-state index contributed by atoms with van der Waals surface area (Å²) in [7, 11) is 1.68. The zero-order valence-electron chi connectivity index (χ0n) is 24.1. The number of piperidine rings is 1. The number of carboxylic acid groups (broad SMARTS) is 1. The van der Waals surface area contributed by atoms with E-state index in [0.717, 1.165) is 36.8 Å². The highest BCUT2D eigenvalue weighted by molar-refractivity contribution is 6.00. The first kappa shape index (κ1) is 29.8. The number of carbonyl (C=O) groups is 4. The number of hydrogen-bond acceptors (Lipinski definition) is 5. The summed E-state index contributed by atoms with van der Waals surface area (Å²) in [6, 6.07) is 5.10. The molecule has 41 heavy (non-hydrogen) atoms. The van der Waals surface area contributed by atoms with Gasteiger partial charge in [0.05, 0.1) is 16.6 Å². The van der Waals surface area contributed by atoms with Crippen LogP contribution in [0.4, 0.5) is 4.79 Å². The first-order chi connectivity index (χ1) is 19.3. The summed E-state index contributed by atoms with van der Waals surface area (Å²) < 4.78 is 3.02. The summed E-state index contributed by atoms with van der Waals surface area (Å²) in [4.78, 5) is 60.8. The highest BCUT2D eigenvalue weighted by Crippen LogP contribution is 2.37. The number of aromatic nitrogens is 2. The Hall–Kier alpha value is -4.15. The topological polar surface area (TPSA) is 152 Å². The van der Waals surface area contributed by atoms with Gasteiger partial charge in [-0.05, 0) is 55.2 Å². The number of carbonyl (C=O) groups excluding carboxylic acids is 3. The molecule has 2 atom stereocenters. The Bertz CT molecular complexity index is 1490. The summed E-state index contributed by atoms with van der Waals surface area (Å²) in [6.45, 7) is 6.42. The number of fused-ring (bicyclic) bond motifs is 1. The molecule has 2 aromatic rings. The molecule has 1 fully saturated rings. The number of amides is 4. The SMILES string of the molecule is Cn1c(=O)n(C2CCC(=O)NC2=O)c2ccc(CCCCCNC(=O)C3=CCC(NC(=O)O)(C(C)(C)C)C=C3)cc21. The van der Waals surface area contributed by atoms with Crippen LogP contribution in [0.5, 0.6) is 0 Å². The number of imidazole rings is 1. The lowest BCUT2D eigenvalue weighted by molar-refractivity contribution is -0.135. The lowest BCUT2D eigenvalue weighted by atomic mass is 9.69. The van der Waals surface area contributed by atoms with E-state index in [1.807, 2.05) is 39.0 Å². The number of unbranched alkanes of at least 4 members (excludes halogenated alkanes) is 2. The Morgan fingerprint density at radius 1 is 1.12 bits per heavy atom. The van der Waals surface area contributed by atoms with Gasteiger partial charge in [0.1, 0.15) is 6.04 Å². The third-order valence-corrected chi connectivity index (χ3v) is 8.23. The largest absolute Gasteiger partial charge is 0.465 e.